The molecular weight excluding hydrogens is 358 g/mol. The summed E-state index contributed by atoms with van der Waals surface area (Å²) in [5.74, 6) is 1.04. The van der Waals surface area contributed by atoms with Gasteiger partial charge >= 0.3 is 0 Å². The van der Waals surface area contributed by atoms with Crippen LogP contribution in [0.5, 0.6) is 0 Å². The monoisotopic (exact) mass is 377 g/mol. The van der Waals surface area contributed by atoms with Gasteiger partial charge in [-0.3, -0.25) is 19.3 Å². The number of pyridine rings is 1. The Bertz CT molecular complexity index is 1050. The summed E-state index contributed by atoms with van der Waals surface area (Å²) in [6.45, 7) is 1.24. The fourth-order valence-corrected chi connectivity index (χ4v) is 3.56. The number of rotatable bonds is 4. The Morgan fingerprint density at radius 1 is 1.11 bits per heavy atom. The molecule has 8 nitrogen and oxygen atoms in total. The molecule has 0 radical (unpaired) electrons. The SMILES string of the molecule is O=C(/C=C\c1ccccc1[N+](=O)[O-])N1CCC(c2nnc3ccccn23)CC1. The first kappa shape index (κ1) is 17.8. The van der Waals surface area contributed by atoms with Crippen LogP contribution in [0.2, 0.25) is 0 Å². The van der Waals surface area contributed by atoms with Crippen molar-refractivity contribution < 1.29 is 9.72 Å². The third kappa shape index (κ3) is 3.48. The highest BCUT2D eigenvalue weighted by Crippen LogP contribution is 2.27. The Morgan fingerprint density at radius 2 is 1.86 bits per heavy atom. The zero-order valence-corrected chi connectivity index (χ0v) is 15.1. The molecule has 142 valence electrons. The van der Waals surface area contributed by atoms with Crippen LogP contribution in [0.4, 0.5) is 5.69 Å². The number of carbonyl (C=O) groups is 1. The van der Waals surface area contributed by atoms with Crippen molar-refractivity contribution in [3.05, 3.63) is 76.2 Å². The van der Waals surface area contributed by atoms with Gasteiger partial charge in [0.05, 0.1) is 10.5 Å². The molecule has 2 aromatic heterocycles. The van der Waals surface area contributed by atoms with E-state index in [1.165, 1.54) is 18.2 Å². The Morgan fingerprint density at radius 3 is 2.64 bits per heavy atom. The van der Waals surface area contributed by atoms with Gasteiger partial charge in [-0.15, -0.1) is 10.2 Å². The first-order valence-corrected chi connectivity index (χ1v) is 9.13. The number of likely N-dealkylation sites (tertiary alicyclic amines) is 1. The lowest BCUT2D eigenvalue weighted by Gasteiger charge is -2.30. The standard InChI is InChI=1S/C20H19N5O3/c26-19(9-8-15-5-1-2-6-17(15)25(27)28)23-13-10-16(11-14-23)20-22-21-18-7-3-4-12-24(18)20/h1-9,12,16H,10-11,13-14H2/b9-8-. The number of hydrogen-bond acceptors (Lipinski definition) is 5. The van der Waals surface area contributed by atoms with Crippen molar-refractivity contribution in [2.45, 2.75) is 18.8 Å². The Balaban J connectivity index is 1.41. The number of nitrogens with zero attached hydrogens (tertiary/aromatic N) is 5. The van der Waals surface area contributed by atoms with Crippen LogP contribution >= 0.6 is 0 Å². The topological polar surface area (TPSA) is 93.6 Å². The molecule has 0 atom stereocenters. The van der Waals surface area contributed by atoms with Gasteiger partial charge in [-0.05, 0) is 37.1 Å². The smallest absolute Gasteiger partial charge is 0.276 e. The molecule has 1 amide bonds. The Kier molecular flexibility index (Phi) is 4.84. The first-order valence-electron chi connectivity index (χ1n) is 9.13. The number of fused-ring (bicyclic) bond motifs is 1. The molecule has 0 unspecified atom stereocenters. The van der Waals surface area contributed by atoms with Crippen LogP contribution in [0.15, 0.2) is 54.7 Å². The lowest BCUT2D eigenvalue weighted by Crippen LogP contribution is -2.37. The zero-order chi connectivity index (χ0) is 19.5. The van der Waals surface area contributed by atoms with E-state index in [2.05, 4.69) is 10.2 Å². The predicted octanol–water partition coefficient (Wildman–Crippen LogP) is 3.06. The highest BCUT2D eigenvalue weighted by atomic mass is 16.6. The third-order valence-corrected chi connectivity index (χ3v) is 5.05. The molecule has 4 rings (SSSR count). The molecule has 28 heavy (non-hydrogen) atoms. The number of carbonyl (C=O) groups excluding carboxylic acids is 1. The van der Waals surface area contributed by atoms with Crippen LogP contribution in [-0.4, -0.2) is 43.4 Å². The highest BCUT2D eigenvalue weighted by Gasteiger charge is 2.26. The minimum absolute atomic E-state index is 0.0102. The van der Waals surface area contributed by atoms with Gasteiger partial charge in [0.1, 0.15) is 5.82 Å². The van der Waals surface area contributed by atoms with Crippen molar-refractivity contribution in [2.24, 2.45) is 0 Å². The molecule has 8 heteroatoms. The van der Waals surface area contributed by atoms with Crippen LogP contribution in [0, 0.1) is 10.1 Å². The Labute approximate surface area is 161 Å². The van der Waals surface area contributed by atoms with E-state index in [1.54, 1.807) is 23.1 Å². The molecule has 0 N–H and O–H groups in total. The van der Waals surface area contributed by atoms with Gasteiger partial charge in [0.2, 0.25) is 5.91 Å². The minimum atomic E-state index is -0.446. The second-order valence-electron chi connectivity index (χ2n) is 6.74. The van der Waals surface area contributed by atoms with Crippen LogP contribution in [0.1, 0.15) is 30.1 Å². The molecule has 0 saturated carbocycles. The van der Waals surface area contributed by atoms with Gasteiger partial charge in [0.25, 0.3) is 5.69 Å². The summed E-state index contributed by atoms with van der Waals surface area (Å²) in [6.07, 6.45) is 6.49. The molecule has 0 bridgehead atoms. The van der Waals surface area contributed by atoms with Crippen molar-refractivity contribution in [1.29, 1.82) is 0 Å². The van der Waals surface area contributed by atoms with Crippen molar-refractivity contribution in [3.63, 3.8) is 0 Å². The normalized spacial score (nSPS) is 15.4. The third-order valence-electron chi connectivity index (χ3n) is 5.05. The molecule has 1 aromatic carbocycles. The molecule has 1 aliphatic rings. The lowest BCUT2D eigenvalue weighted by molar-refractivity contribution is -0.385. The molecule has 3 heterocycles. The molecule has 0 spiro atoms. The highest BCUT2D eigenvalue weighted by molar-refractivity contribution is 5.92. The number of nitro groups is 1. The number of piperidine rings is 1. The molecule has 3 aromatic rings. The van der Waals surface area contributed by atoms with E-state index in [0.29, 0.717) is 18.7 Å². The fourth-order valence-electron chi connectivity index (χ4n) is 3.56. The summed E-state index contributed by atoms with van der Waals surface area (Å²) in [6, 6.07) is 12.2. The summed E-state index contributed by atoms with van der Waals surface area (Å²) in [7, 11) is 0. The van der Waals surface area contributed by atoms with Crippen molar-refractivity contribution in [3.8, 4) is 0 Å². The van der Waals surface area contributed by atoms with Crippen molar-refractivity contribution in [1.82, 2.24) is 19.5 Å². The van der Waals surface area contributed by atoms with Gasteiger partial charge in [0.15, 0.2) is 5.65 Å². The average Bonchev–Trinajstić information content (AvgIpc) is 3.16. The zero-order valence-electron chi connectivity index (χ0n) is 15.1. The number of benzene rings is 1. The van der Waals surface area contributed by atoms with Crippen molar-refractivity contribution in [2.75, 3.05) is 13.1 Å². The van der Waals surface area contributed by atoms with Crippen LogP contribution in [0.3, 0.4) is 0 Å². The molecular formula is C20H19N5O3. The van der Waals surface area contributed by atoms with Gasteiger partial charge in [-0.1, -0.05) is 18.2 Å². The lowest BCUT2D eigenvalue weighted by atomic mass is 9.96. The number of nitro benzene ring substituents is 1. The van der Waals surface area contributed by atoms with E-state index in [4.69, 9.17) is 0 Å². The van der Waals surface area contributed by atoms with Crippen molar-refractivity contribution >= 4 is 23.3 Å². The second-order valence-corrected chi connectivity index (χ2v) is 6.74. The van der Waals surface area contributed by atoms with Crippen LogP contribution in [0.25, 0.3) is 11.7 Å². The van der Waals surface area contributed by atoms with E-state index < -0.39 is 4.92 Å². The summed E-state index contributed by atoms with van der Waals surface area (Å²) < 4.78 is 2.00. The van der Waals surface area contributed by atoms with Crippen LogP contribution in [-0.2, 0) is 4.79 Å². The second kappa shape index (κ2) is 7.59. The summed E-state index contributed by atoms with van der Waals surface area (Å²) in [5, 5.41) is 19.6. The largest absolute Gasteiger partial charge is 0.339 e. The number of para-hydroxylation sites is 1. The van der Waals surface area contributed by atoms with E-state index in [-0.39, 0.29) is 17.5 Å². The maximum absolute atomic E-state index is 12.5. The predicted molar refractivity (Wildman–Crippen MR) is 104 cm³/mol. The maximum Gasteiger partial charge on any atom is 0.276 e. The quantitative estimate of drug-likeness (QED) is 0.396. The van der Waals surface area contributed by atoms with Gasteiger partial charge < -0.3 is 4.90 Å². The molecule has 1 aliphatic heterocycles. The van der Waals surface area contributed by atoms with Gasteiger partial charge in [-0.2, -0.15) is 0 Å². The average molecular weight is 377 g/mol. The number of amides is 1. The maximum atomic E-state index is 12.5. The summed E-state index contributed by atoms with van der Waals surface area (Å²) >= 11 is 0. The van der Waals surface area contributed by atoms with E-state index in [0.717, 1.165) is 24.3 Å². The molecule has 0 aliphatic carbocycles. The van der Waals surface area contributed by atoms with E-state index in [9.17, 15) is 14.9 Å². The molecule has 1 saturated heterocycles. The fraction of sp³-hybridized carbons (Fsp3) is 0.250. The van der Waals surface area contributed by atoms with E-state index in [1.807, 2.05) is 28.8 Å². The summed E-state index contributed by atoms with van der Waals surface area (Å²) in [5.41, 5.74) is 1.23. The Hall–Kier alpha value is -3.55. The number of aromatic nitrogens is 3. The summed E-state index contributed by atoms with van der Waals surface area (Å²) in [4.78, 5) is 24.9. The minimum Gasteiger partial charge on any atom is -0.339 e. The first-order chi connectivity index (χ1) is 13.6. The van der Waals surface area contributed by atoms with Gasteiger partial charge in [0, 0.05) is 37.3 Å². The number of hydrogen-bond donors (Lipinski definition) is 0. The molecule has 1 fully saturated rings. The van der Waals surface area contributed by atoms with Gasteiger partial charge in [-0.25, -0.2) is 0 Å². The van der Waals surface area contributed by atoms with Crippen LogP contribution < -0.4 is 0 Å². The van der Waals surface area contributed by atoms with E-state index >= 15 is 0 Å².